The highest BCUT2D eigenvalue weighted by molar-refractivity contribution is 7.14. The molecule has 0 unspecified atom stereocenters. The highest BCUT2D eigenvalue weighted by Gasteiger charge is 2.10. The molecule has 138 valence electrons. The number of nitrogens with zero attached hydrogens (tertiary/aromatic N) is 1. The Hall–Kier alpha value is -3.19. The Kier molecular flexibility index (Phi) is 6.17. The second-order valence-electron chi connectivity index (χ2n) is 5.86. The number of carbonyl (C=O) groups is 2. The van der Waals surface area contributed by atoms with Gasteiger partial charge in [-0.3, -0.25) is 10.1 Å². The van der Waals surface area contributed by atoms with Crippen molar-refractivity contribution in [3.8, 4) is 0 Å². The van der Waals surface area contributed by atoms with Crippen LogP contribution in [0.25, 0.3) is 0 Å². The number of urea groups is 1. The SMILES string of the molecule is CCc1ccc(NC(=O)Cc2csc(NC(=O)Nc3ccccc3)n2)cc1. The Morgan fingerprint density at radius 2 is 1.63 bits per heavy atom. The van der Waals surface area contributed by atoms with Crippen molar-refractivity contribution in [3.63, 3.8) is 0 Å². The molecule has 1 heterocycles. The van der Waals surface area contributed by atoms with Gasteiger partial charge in [0.15, 0.2) is 5.13 Å². The molecule has 6 nitrogen and oxygen atoms in total. The maximum absolute atomic E-state index is 12.2. The van der Waals surface area contributed by atoms with E-state index in [2.05, 4.69) is 27.9 Å². The van der Waals surface area contributed by atoms with Gasteiger partial charge in [0.05, 0.1) is 12.1 Å². The minimum Gasteiger partial charge on any atom is -0.326 e. The summed E-state index contributed by atoms with van der Waals surface area (Å²) in [6.07, 6.45) is 1.11. The second kappa shape index (κ2) is 8.95. The fourth-order valence-corrected chi connectivity index (χ4v) is 3.13. The van der Waals surface area contributed by atoms with Crippen molar-refractivity contribution in [2.24, 2.45) is 0 Å². The van der Waals surface area contributed by atoms with Crippen molar-refractivity contribution in [3.05, 3.63) is 71.2 Å². The molecule has 1 aromatic heterocycles. The number of thiazole rings is 1. The number of amides is 3. The van der Waals surface area contributed by atoms with E-state index < -0.39 is 0 Å². The van der Waals surface area contributed by atoms with E-state index in [0.717, 1.165) is 12.1 Å². The Morgan fingerprint density at radius 1 is 0.926 bits per heavy atom. The summed E-state index contributed by atoms with van der Waals surface area (Å²) >= 11 is 1.28. The van der Waals surface area contributed by atoms with Gasteiger partial charge in [0.25, 0.3) is 0 Å². The van der Waals surface area contributed by atoms with Gasteiger partial charge in [0, 0.05) is 16.8 Å². The standard InChI is InChI=1S/C20H20N4O2S/c1-2-14-8-10-16(11-9-14)21-18(25)12-17-13-27-20(23-17)24-19(26)22-15-6-4-3-5-7-15/h3-11,13H,2,12H2,1H3,(H,21,25)(H2,22,23,24,26). The summed E-state index contributed by atoms with van der Waals surface area (Å²) in [5, 5.41) is 10.4. The van der Waals surface area contributed by atoms with Crippen LogP contribution in [0, 0.1) is 0 Å². The molecule has 0 aliphatic carbocycles. The van der Waals surface area contributed by atoms with Gasteiger partial charge in [0.2, 0.25) is 5.91 Å². The van der Waals surface area contributed by atoms with Crippen LogP contribution in [-0.2, 0) is 17.6 Å². The first-order chi connectivity index (χ1) is 13.1. The fourth-order valence-electron chi connectivity index (χ4n) is 2.42. The van der Waals surface area contributed by atoms with Crippen molar-refractivity contribution in [2.45, 2.75) is 19.8 Å². The van der Waals surface area contributed by atoms with Crippen LogP contribution in [0.5, 0.6) is 0 Å². The number of benzene rings is 2. The zero-order valence-electron chi connectivity index (χ0n) is 14.9. The van der Waals surface area contributed by atoms with Gasteiger partial charge in [-0.2, -0.15) is 0 Å². The average molecular weight is 380 g/mol. The molecule has 0 saturated heterocycles. The molecular weight excluding hydrogens is 360 g/mol. The summed E-state index contributed by atoms with van der Waals surface area (Å²) in [6.45, 7) is 2.08. The van der Waals surface area contributed by atoms with Gasteiger partial charge in [-0.25, -0.2) is 9.78 Å². The van der Waals surface area contributed by atoms with E-state index in [1.807, 2.05) is 42.5 Å². The molecule has 0 fully saturated rings. The van der Waals surface area contributed by atoms with Gasteiger partial charge >= 0.3 is 6.03 Å². The molecular formula is C20H20N4O2S. The van der Waals surface area contributed by atoms with Crippen molar-refractivity contribution < 1.29 is 9.59 Å². The van der Waals surface area contributed by atoms with E-state index in [1.54, 1.807) is 17.5 Å². The molecule has 0 aliphatic heterocycles. The predicted octanol–water partition coefficient (Wildman–Crippen LogP) is 4.53. The summed E-state index contributed by atoms with van der Waals surface area (Å²) in [4.78, 5) is 28.4. The molecule has 0 atom stereocenters. The molecule has 0 radical (unpaired) electrons. The highest BCUT2D eigenvalue weighted by atomic mass is 32.1. The number of hydrogen-bond donors (Lipinski definition) is 3. The number of rotatable bonds is 6. The monoisotopic (exact) mass is 380 g/mol. The van der Waals surface area contributed by atoms with E-state index in [-0.39, 0.29) is 18.4 Å². The molecule has 3 amide bonds. The number of aryl methyl sites for hydroxylation is 1. The summed E-state index contributed by atoms with van der Waals surface area (Å²) in [6, 6.07) is 16.5. The molecule has 3 rings (SSSR count). The smallest absolute Gasteiger partial charge is 0.325 e. The minimum absolute atomic E-state index is 0.147. The van der Waals surface area contributed by atoms with Crippen molar-refractivity contribution >= 4 is 39.8 Å². The van der Waals surface area contributed by atoms with Crippen LogP contribution < -0.4 is 16.0 Å². The van der Waals surface area contributed by atoms with Crippen LogP contribution >= 0.6 is 11.3 Å². The third-order valence-corrected chi connectivity index (χ3v) is 4.60. The van der Waals surface area contributed by atoms with E-state index in [4.69, 9.17) is 0 Å². The molecule has 0 spiro atoms. The Labute approximate surface area is 161 Å². The number of anilines is 3. The van der Waals surface area contributed by atoms with Crippen LogP contribution in [0.15, 0.2) is 60.0 Å². The molecule has 3 N–H and O–H groups in total. The van der Waals surface area contributed by atoms with E-state index >= 15 is 0 Å². The first-order valence-corrected chi connectivity index (χ1v) is 9.46. The Bertz CT molecular complexity index is 907. The van der Waals surface area contributed by atoms with E-state index in [1.165, 1.54) is 16.9 Å². The molecule has 2 aromatic carbocycles. The highest BCUT2D eigenvalue weighted by Crippen LogP contribution is 2.17. The van der Waals surface area contributed by atoms with Crippen molar-refractivity contribution in [2.75, 3.05) is 16.0 Å². The largest absolute Gasteiger partial charge is 0.326 e. The molecule has 0 saturated carbocycles. The predicted molar refractivity (Wildman–Crippen MR) is 109 cm³/mol. The van der Waals surface area contributed by atoms with Crippen LogP contribution in [0.1, 0.15) is 18.2 Å². The number of aromatic nitrogens is 1. The average Bonchev–Trinajstić information content (AvgIpc) is 3.09. The normalized spacial score (nSPS) is 10.3. The summed E-state index contributed by atoms with van der Waals surface area (Å²) in [5.74, 6) is -0.148. The lowest BCUT2D eigenvalue weighted by molar-refractivity contribution is -0.115. The lowest BCUT2D eigenvalue weighted by Crippen LogP contribution is -2.19. The molecule has 3 aromatic rings. The van der Waals surface area contributed by atoms with Crippen LogP contribution in [0.2, 0.25) is 0 Å². The fraction of sp³-hybridized carbons (Fsp3) is 0.150. The molecule has 0 aliphatic rings. The minimum atomic E-state index is -0.373. The first kappa shape index (κ1) is 18.6. The van der Waals surface area contributed by atoms with Crippen molar-refractivity contribution in [1.82, 2.24) is 4.98 Å². The second-order valence-corrected chi connectivity index (χ2v) is 6.72. The lowest BCUT2D eigenvalue weighted by atomic mass is 10.1. The van der Waals surface area contributed by atoms with Crippen LogP contribution in [0.3, 0.4) is 0 Å². The topological polar surface area (TPSA) is 83.1 Å². The molecule has 7 heteroatoms. The molecule has 27 heavy (non-hydrogen) atoms. The van der Waals surface area contributed by atoms with Crippen LogP contribution in [-0.4, -0.2) is 16.9 Å². The van der Waals surface area contributed by atoms with E-state index in [9.17, 15) is 9.59 Å². The third-order valence-electron chi connectivity index (χ3n) is 3.79. The van der Waals surface area contributed by atoms with Gasteiger partial charge < -0.3 is 10.6 Å². The zero-order valence-corrected chi connectivity index (χ0v) is 15.7. The van der Waals surface area contributed by atoms with Gasteiger partial charge in [-0.1, -0.05) is 37.3 Å². The Balaban J connectivity index is 1.50. The maximum Gasteiger partial charge on any atom is 0.325 e. The van der Waals surface area contributed by atoms with Crippen molar-refractivity contribution in [1.29, 1.82) is 0 Å². The number of hydrogen-bond acceptors (Lipinski definition) is 4. The first-order valence-electron chi connectivity index (χ1n) is 8.58. The number of para-hydroxylation sites is 1. The summed E-state index contributed by atoms with van der Waals surface area (Å²) < 4.78 is 0. The Morgan fingerprint density at radius 3 is 2.33 bits per heavy atom. The quantitative estimate of drug-likeness (QED) is 0.587. The van der Waals surface area contributed by atoms with Gasteiger partial charge in [-0.15, -0.1) is 11.3 Å². The number of carbonyl (C=O) groups excluding carboxylic acids is 2. The molecule has 0 bridgehead atoms. The van der Waals surface area contributed by atoms with Gasteiger partial charge in [0.1, 0.15) is 0 Å². The number of nitrogens with one attached hydrogen (secondary N) is 3. The summed E-state index contributed by atoms with van der Waals surface area (Å²) in [5.41, 5.74) is 3.28. The van der Waals surface area contributed by atoms with Gasteiger partial charge in [-0.05, 0) is 36.2 Å². The lowest BCUT2D eigenvalue weighted by Gasteiger charge is -2.05. The zero-order chi connectivity index (χ0) is 19.1. The maximum atomic E-state index is 12.2. The third kappa shape index (κ3) is 5.65. The van der Waals surface area contributed by atoms with E-state index in [0.29, 0.717) is 16.5 Å². The van der Waals surface area contributed by atoms with Crippen LogP contribution in [0.4, 0.5) is 21.3 Å². The summed E-state index contributed by atoms with van der Waals surface area (Å²) in [7, 11) is 0.